The lowest BCUT2D eigenvalue weighted by atomic mass is 10.0. The number of H-pyrrole nitrogens is 1. The van der Waals surface area contributed by atoms with E-state index in [0.717, 1.165) is 25.0 Å². The molecule has 0 saturated heterocycles. The van der Waals surface area contributed by atoms with Gasteiger partial charge in [0.1, 0.15) is 6.10 Å². The maximum Gasteiger partial charge on any atom is 0.407 e. The zero-order valence-electron chi connectivity index (χ0n) is 17.6. The van der Waals surface area contributed by atoms with E-state index in [9.17, 15) is 18.3 Å². The molecule has 1 unspecified atom stereocenters. The fourth-order valence-electron chi connectivity index (χ4n) is 4.30. The molecule has 0 radical (unpaired) electrons. The second-order valence-corrected chi connectivity index (χ2v) is 10.7. The first-order chi connectivity index (χ1) is 14.7. The second-order valence-electron chi connectivity index (χ2n) is 8.61. The Morgan fingerprint density at radius 1 is 1.32 bits per heavy atom. The summed E-state index contributed by atoms with van der Waals surface area (Å²) >= 11 is 0. The van der Waals surface area contributed by atoms with Crippen molar-refractivity contribution in [2.75, 3.05) is 11.1 Å². The van der Waals surface area contributed by atoms with Gasteiger partial charge in [0.05, 0.1) is 17.6 Å². The van der Waals surface area contributed by atoms with Gasteiger partial charge in [-0.2, -0.15) is 5.10 Å². The van der Waals surface area contributed by atoms with Crippen LogP contribution in [0.25, 0.3) is 0 Å². The number of ether oxygens (including phenoxy) is 1. The van der Waals surface area contributed by atoms with Gasteiger partial charge in [-0.05, 0) is 50.3 Å². The van der Waals surface area contributed by atoms with E-state index < -0.39 is 22.0 Å². The molecular weight excluding hydrogens is 420 g/mol. The number of nitrogens with zero attached hydrogens (tertiary/aromatic N) is 1. The van der Waals surface area contributed by atoms with E-state index in [1.807, 2.05) is 19.9 Å². The highest BCUT2D eigenvalue weighted by Gasteiger charge is 2.31. The van der Waals surface area contributed by atoms with E-state index in [-0.39, 0.29) is 29.6 Å². The first-order valence-electron chi connectivity index (χ1n) is 10.5. The Balaban J connectivity index is 1.43. The first kappa shape index (κ1) is 21.6. The first-order valence-corrected chi connectivity index (χ1v) is 12.3. The zero-order valence-corrected chi connectivity index (χ0v) is 18.4. The van der Waals surface area contributed by atoms with Crippen molar-refractivity contribution in [3.8, 4) is 0 Å². The number of sulfone groups is 1. The molecule has 4 rings (SSSR count). The van der Waals surface area contributed by atoms with Crippen LogP contribution >= 0.6 is 0 Å². The molecule has 1 aliphatic heterocycles. The molecule has 2 heterocycles. The van der Waals surface area contributed by atoms with Crippen LogP contribution < -0.4 is 10.6 Å². The summed E-state index contributed by atoms with van der Waals surface area (Å²) in [7, 11) is -3.36. The number of amides is 1. The van der Waals surface area contributed by atoms with Crippen LogP contribution in [0.2, 0.25) is 0 Å². The Morgan fingerprint density at radius 2 is 2.13 bits per heavy atom. The molecule has 1 saturated carbocycles. The molecule has 1 aromatic carbocycles. The normalized spacial score (nSPS) is 24.6. The lowest BCUT2D eigenvalue weighted by Crippen LogP contribution is -2.33. The largest absolute Gasteiger partial charge is 0.446 e. The lowest BCUT2D eigenvalue weighted by molar-refractivity contribution is 0.0981. The Morgan fingerprint density at radius 3 is 2.90 bits per heavy atom. The van der Waals surface area contributed by atoms with Gasteiger partial charge in [-0.1, -0.05) is 12.1 Å². The number of aliphatic hydroxyl groups is 1. The van der Waals surface area contributed by atoms with Gasteiger partial charge in [0.2, 0.25) is 0 Å². The van der Waals surface area contributed by atoms with Crippen molar-refractivity contribution in [1.82, 2.24) is 15.5 Å². The van der Waals surface area contributed by atoms with Crippen molar-refractivity contribution in [1.29, 1.82) is 0 Å². The molecule has 168 valence electrons. The number of benzene rings is 1. The highest BCUT2D eigenvalue weighted by molar-refractivity contribution is 7.90. The van der Waals surface area contributed by atoms with E-state index in [2.05, 4.69) is 20.8 Å². The molecule has 4 N–H and O–H groups in total. The third-order valence-electron chi connectivity index (χ3n) is 5.71. The van der Waals surface area contributed by atoms with E-state index in [1.54, 1.807) is 18.2 Å². The summed E-state index contributed by atoms with van der Waals surface area (Å²) in [4.78, 5) is 11.8. The smallest absolute Gasteiger partial charge is 0.407 e. The number of aromatic amines is 1. The fraction of sp³-hybridized carbons (Fsp3) is 0.524. The summed E-state index contributed by atoms with van der Waals surface area (Å²) < 4.78 is 29.7. The molecule has 1 aliphatic carbocycles. The molecule has 31 heavy (non-hydrogen) atoms. The summed E-state index contributed by atoms with van der Waals surface area (Å²) in [6, 6.07) is 7.26. The molecule has 0 spiro atoms. The number of carbonyl (C=O) groups is 1. The van der Waals surface area contributed by atoms with Crippen molar-refractivity contribution in [3.63, 3.8) is 0 Å². The highest BCUT2D eigenvalue weighted by atomic mass is 32.2. The molecule has 1 fully saturated rings. The van der Waals surface area contributed by atoms with Crippen LogP contribution in [0.3, 0.4) is 0 Å². The van der Waals surface area contributed by atoms with E-state index >= 15 is 0 Å². The standard InChI is InChI=1S/C21H28N4O5S/c1-12(2)22-21(27)30-14-7-6-13(8-14)18-9-20(25-24-18)23-17-5-3-4-15-16(17)10-31(28,29)11-19(15)26/h3-5,9,12-14,19,26H,6-8,10-11H2,1-2H3,(H,22,27)(H2,23,24,25)/t13-,14+,19?/m0/s1. The Hall–Kier alpha value is -2.59. The molecule has 3 atom stereocenters. The van der Waals surface area contributed by atoms with E-state index in [1.165, 1.54) is 0 Å². The van der Waals surface area contributed by atoms with Gasteiger partial charge in [-0.15, -0.1) is 0 Å². The van der Waals surface area contributed by atoms with Crippen LogP contribution in [0.5, 0.6) is 0 Å². The number of aromatic nitrogens is 2. The minimum Gasteiger partial charge on any atom is -0.446 e. The third kappa shape index (κ3) is 5.01. The number of rotatable bonds is 5. The quantitative estimate of drug-likeness (QED) is 0.553. The highest BCUT2D eigenvalue weighted by Crippen LogP contribution is 2.37. The van der Waals surface area contributed by atoms with Crippen molar-refractivity contribution in [3.05, 3.63) is 41.1 Å². The fourth-order valence-corrected chi connectivity index (χ4v) is 5.84. The maximum absolute atomic E-state index is 12.1. The van der Waals surface area contributed by atoms with E-state index in [0.29, 0.717) is 22.6 Å². The predicted molar refractivity (Wildman–Crippen MR) is 116 cm³/mol. The molecule has 2 aromatic rings. The van der Waals surface area contributed by atoms with Gasteiger partial charge < -0.3 is 20.5 Å². The van der Waals surface area contributed by atoms with Crippen LogP contribution in [0.4, 0.5) is 16.3 Å². The summed E-state index contributed by atoms with van der Waals surface area (Å²) in [6.07, 6.45) is 0.855. The number of fused-ring (bicyclic) bond motifs is 1. The summed E-state index contributed by atoms with van der Waals surface area (Å²) in [5.41, 5.74) is 2.77. The topological polar surface area (TPSA) is 133 Å². The average Bonchev–Trinajstić information content (AvgIpc) is 3.30. The Labute approximate surface area is 181 Å². The molecule has 9 nitrogen and oxygen atoms in total. The predicted octanol–water partition coefficient (Wildman–Crippen LogP) is 2.89. The van der Waals surface area contributed by atoms with E-state index in [4.69, 9.17) is 4.74 Å². The number of anilines is 2. The number of alkyl carbamates (subject to hydrolysis) is 1. The molecule has 1 aromatic heterocycles. The molecule has 0 bridgehead atoms. The third-order valence-corrected chi connectivity index (χ3v) is 7.26. The zero-order chi connectivity index (χ0) is 22.2. The van der Waals surface area contributed by atoms with Crippen LogP contribution in [-0.4, -0.2) is 47.7 Å². The summed E-state index contributed by atoms with van der Waals surface area (Å²) in [5.74, 6) is 0.408. The number of aliphatic hydroxyl groups excluding tert-OH is 1. The molecule has 2 aliphatic rings. The number of nitrogens with one attached hydrogen (secondary N) is 3. The van der Waals surface area contributed by atoms with Gasteiger partial charge >= 0.3 is 6.09 Å². The van der Waals surface area contributed by atoms with Gasteiger partial charge in [0.25, 0.3) is 0 Å². The number of carbonyl (C=O) groups excluding carboxylic acids is 1. The van der Waals surface area contributed by atoms with Crippen molar-refractivity contribution in [2.24, 2.45) is 0 Å². The van der Waals surface area contributed by atoms with Gasteiger partial charge in [-0.25, -0.2) is 13.2 Å². The van der Waals surface area contributed by atoms with Crippen LogP contribution in [0, 0.1) is 0 Å². The minimum atomic E-state index is -3.36. The summed E-state index contributed by atoms with van der Waals surface area (Å²) in [6.45, 7) is 3.77. The van der Waals surface area contributed by atoms with Crippen LogP contribution in [0.15, 0.2) is 24.3 Å². The number of hydrogen-bond donors (Lipinski definition) is 4. The van der Waals surface area contributed by atoms with Crippen LogP contribution in [0.1, 0.15) is 62.0 Å². The Kier molecular flexibility index (Phi) is 5.94. The average molecular weight is 449 g/mol. The van der Waals surface area contributed by atoms with Crippen LogP contribution in [-0.2, 0) is 20.3 Å². The monoisotopic (exact) mass is 448 g/mol. The lowest BCUT2D eigenvalue weighted by Gasteiger charge is -2.24. The molecule has 1 amide bonds. The molecule has 10 heteroatoms. The van der Waals surface area contributed by atoms with Crippen molar-refractivity contribution < 1.29 is 23.1 Å². The summed E-state index contributed by atoms with van der Waals surface area (Å²) in [5, 5.41) is 23.5. The second kappa shape index (κ2) is 8.51. The number of hydrogen-bond acceptors (Lipinski definition) is 7. The Bertz CT molecular complexity index is 1070. The van der Waals surface area contributed by atoms with Crippen molar-refractivity contribution >= 4 is 27.4 Å². The van der Waals surface area contributed by atoms with Gasteiger partial charge in [0, 0.05) is 29.4 Å². The van der Waals surface area contributed by atoms with Crippen molar-refractivity contribution in [2.45, 2.75) is 63.0 Å². The maximum atomic E-state index is 12.1. The van der Waals surface area contributed by atoms with Gasteiger partial charge in [-0.3, -0.25) is 5.10 Å². The SMILES string of the molecule is CC(C)NC(=O)O[C@@H]1CC[C@H](c2cc(Nc3cccc4c3CS(=O)(=O)CC4O)n[nH]2)C1. The van der Waals surface area contributed by atoms with Gasteiger partial charge in [0.15, 0.2) is 15.7 Å². The molecular formula is C21H28N4O5S. The minimum absolute atomic E-state index is 0.0331.